The van der Waals surface area contributed by atoms with E-state index >= 15 is 0 Å². The number of alkyl carbamates (subject to hydrolysis) is 1. The molecule has 7 heteroatoms. The molecule has 20 heavy (non-hydrogen) atoms. The number of carboxylic acids is 1. The molecule has 1 unspecified atom stereocenters. The van der Waals surface area contributed by atoms with Crippen molar-refractivity contribution in [1.29, 1.82) is 0 Å². The zero-order valence-electron chi connectivity index (χ0n) is 11.9. The van der Waals surface area contributed by atoms with Crippen LogP contribution in [0.25, 0.3) is 0 Å². The summed E-state index contributed by atoms with van der Waals surface area (Å²) in [6, 6.07) is -0.303. The summed E-state index contributed by atoms with van der Waals surface area (Å²) in [5.41, 5.74) is 1.96. The molecule has 0 saturated heterocycles. The number of carbonyl (C=O) groups is 2. The molecule has 0 aliphatic rings. The number of amides is 1. The monoisotopic (exact) mass is 300 g/mol. The van der Waals surface area contributed by atoms with E-state index in [-0.39, 0.29) is 12.5 Å². The Morgan fingerprint density at radius 3 is 2.70 bits per heavy atom. The van der Waals surface area contributed by atoms with Crippen LogP contribution in [-0.4, -0.2) is 33.8 Å². The number of ether oxygens (including phenoxy) is 1. The Morgan fingerprint density at radius 2 is 2.20 bits per heavy atom. The maximum atomic E-state index is 11.7. The minimum Gasteiger partial charge on any atom is -0.481 e. The van der Waals surface area contributed by atoms with E-state index in [9.17, 15) is 9.59 Å². The van der Waals surface area contributed by atoms with Crippen molar-refractivity contribution in [2.45, 2.75) is 51.7 Å². The van der Waals surface area contributed by atoms with Gasteiger partial charge in [-0.3, -0.25) is 4.79 Å². The van der Waals surface area contributed by atoms with Gasteiger partial charge >= 0.3 is 12.1 Å². The van der Waals surface area contributed by atoms with Gasteiger partial charge in [0.25, 0.3) is 0 Å². The van der Waals surface area contributed by atoms with Crippen LogP contribution in [0.4, 0.5) is 4.79 Å². The molecule has 0 fully saturated rings. The molecule has 2 N–H and O–H groups in total. The van der Waals surface area contributed by atoms with E-state index < -0.39 is 17.7 Å². The first kappa shape index (κ1) is 16.4. The smallest absolute Gasteiger partial charge is 0.407 e. The molecular formula is C13H20N2O4S. The van der Waals surface area contributed by atoms with Crippen molar-refractivity contribution in [3.63, 3.8) is 0 Å². The van der Waals surface area contributed by atoms with Gasteiger partial charge in [0.1, 0.15) is 5.60 Å². The Kier molecular flexibility index (Phi) is 5.94. The average Bonchev–Trinajstić information content (AvgIpc) is 2.75. The summed E-state index contributed by atoms with van der Waals surface area (Å²) in [5, 5.41) is 13.3. The van der Waals surface area contributed by atoms with E-state index in [1.807, 2.05) is 5.38 Å². The second-order valence-corrected chi connectivity index (χ2v) is 6.18. The molecule has 1 atom stereocenters. The van der Waals surface area contributed by atoms with Gasteiger partial charge in [-0.15, -0.1) is 11.3 Å². The lowest BCUT2D eigenvalue weighted by molar-refractivity contribution is -0.137. The fraction of sp³-hybridized carbons (Fsp3) is 0.615. The first-order valence-corrected chi connectivity index (χ1v) is 7.29. The minimum atomic E-state index is -0.890. The standard InChI is InChI=1S/C13H20N2O4S/c1-13(2,3)19-12(18)15-9(4-5-11(16)17)6-10-7-20-8-14-10/h7-9H,4-6H2,1-3H3,(H,15,18)(H,16,17). The largest absolute Gasteiger partial charge is 0.481 e. The Morgan fingerprint density at radius 1 is 1.50 bits per heavy atom. The molecule has 1 heterocycles. The van der Waals surface area contributed by atoms with Gasteiger partial charge in [0.05, 0.1) is 11.2 Å². The van der Waals surface area contributed by atoms with Gasteiger partial charge in [-0.25, -0.2) is 9.78 Å². The van der Waals surface area contributed by atoms with Crippen LogP contribution in [0, 0.1) is 0 Å². The third-order valence-corrected chi connectivity index (χ3v) is 3.00. The van der Waals surface area contributed by atoms with Gasteiger partial charge in [0.2, 0.25) is 0 Å². The molecule has 1 aromatic heterocycles. The summed E-state index contributed by atoms with van der Waals surface area (Å²) < 4.78 is 5.18. The molecule has 112 valence electrons. The van der Waals surface area contributed by atoms with Crippen molar-refractivity contribution in [2.75, 3.05) is 0 Å². The Hall–Kier alpha value is -1.63. The Labute approximate surface area is 122 Å². The quantitative estimate of drug-likeness (QED) is 0.842. The van der Waals surface area contributed by atoms with E-state index in [1.54, 1.807) is 26.3 Å². The van der Waals surface area contributed by atoms with Gasteiger partial charge in [0, 0.05) is 24.3 Å². The highest BCUT2D eigenvalue weighted by Gasteiger charge is 2.20. The van der Waals surface area contributed by atoms with Crippen LogP contribution in [0.15, 0.2) is 10.9 Å². The van der Waals surface area contributed by atoms with E-state index in [4.69, 9.17) is 9.84 Å². The first-order chi connectivity index (χ1) is 9.26. The van der Waals surface area contributed by atoms with Gasteiger partial charge in [-0.05, 0) is 27.2 Å². The average molecular weight is 300 g/mol. The highest BCUT2D eigenvalue weighted by molar-refractivity contribution is 7.07. The number of carboxylic acid groups (broad SMARTS) is 1. The normalized spacial score (nSPS) is 12.8. The summed E-state index contributed by atoms with van der Waals surface area (Å²) in [6.07, 6.45) is 0.287. The Bertz CT molecular complexity index is 440. The fourth-order valence-electron chi connectivity index (χ4n) is 1.59. The number of rotatable bonds is 6. The summed E-state index contributed by atoms with van der Waals surface area (Å²) in [7, 11) is 0. The third-order valence-electron chi connectivity index (χ3n) is 2.37. The van der Waals surface area contributed by atoms with Crippen LogP contribution < -0.4 is 5.32 Å². The number of carbonyl (C=O) groups excluding carboxylic acids is 1. The SMILES string of the molecule is CC(C)(C)OC(=O)NC(CCC(=O)O)Cc1cscn1. The van der Waals surface area contributed by atoms with Gasteiger partial charge < -0.3 is 15.2 Å². The molecule has 6 nitrogen and oxygen atoms in total. The van der Waals surface area contributed by atoms with Crippen LogP contribution in [0.1, 0.15) is 39.3 Å². The number of aliphatic carboxylic acids is 1. The molecule has 0 bridgehead atoms. The van der Waals surface area contributed by atoms with Crippen molar-refractivity contribution in [2.24, 2.45) is 0 Å². The Balaban J connectivity index is 2.57. The lowest BCUT2D eigenvalue weighted by Gasteiger charge is -2.23. The summed E-state index contributed by atoms with van der Waals surface area (Å²) in [4.78, 5) is 26.6. The molecule has 0 aromatic carbocycles. The zero-order chi connectivity index (χ0) is 15.2. The highest BCUT2D eigenvalue weighted by Crippen LogP contribution is 2.11. The summed E-state index contributed by atoms with van der Waals surface area (Å²) >= 11 is 1.46. The van der Waals surface area contributed by atoms with Crippen LogP contribution in [0.3, 0.4) is 0 Å². The van der Waals surface area contributed by atoms with Crippen molar-refractivity contribution < 1.29 is 19.4 Å². The highest BCUT2D eigenvalue weighted by atomic mass is 32.1. The number of hydrogen-bond donors (Lipinski definition) is 2. The van der Waals surface area contributed by atoms with Gasteiger partial charge in [0.15, 0.2) is 0 Å². The van der Waals surface area contributed by atoms with Crippen molar-refractivity contribution in [3.8, 4) is 0 Å². The van der Waals surface area contributed by atoms with Crippen LogP contribution >= 0.6 is 11.3 Å². The second-order valence-electron chi connectivity index (χ2n) is 5.46. The molecule has 0 saturated carbocycles. The van der Waals surface area contributed by atoms with Crippen molar-refractivity contribution in [3.05, 3.63) is 16.6 Å². The molecule has 0 radical (unpaired) electrons. The van der Waals surface area contributed by atoms with Gasteiger partial charge in [-0.2, -0.15) is 0 Å². The number of nitrogens with one attached hydrogen (secondary N) is 1. The lowest BCUT2D eigenvalue weighted by Crippen LogP contribution is -2.40. The predicted octanol–water partition coefficient (Wildman–Crippen LogP) is 2.44. The van der Waals surface area contributed by atoms with Crippen LogP contribution in [0.2, 0.25) is 0 Å². The van der Waals surface area contributed by atoms with E-state index in [0.29, 0.717) is 12.8 Å². The minimum absolute atomic E-state index is 0.00932. The topological polar surface area (TPSA) is 88.5 Å². The number of hydrogen-bond acceptors (Lipinski definition) is 5. The third kappa shape index (κ3) is 7.08. The molecule has 1 rings (SSSR count). The number of thiazole rings is 1. The van der Waals surface area contributed by atoms with E-state index in [1.165, 1.54) is 11.3 Å². The number of nitrogens with zero attached hydrogens (tertiary/aromatic N) is 1. The summed E-state index contributed by atoms with van der Waals surface area (Å²) in [5.74, 6) is -0.890. The molecule has 0 aliphatic carbocycles. The molecule has 0 aliphatic heterocycles. The van der Waals surface area contributed by atoms with E-state index in [0.717, 1.165) is 5.69 Å². The lowest BCUT2D eigenvalue weighted by atomic mass is 10.1. The number of aromatic nitrogens is 1. The predicted molar refractivity (Wildman–Crippen MR) is 75.8 cm³/mol. The zero-order valence-corrected chi connectivity index (χ0v) is 12.7. The van der Waals surface area contributed by atoms with Crippen molar-refractivity contribution >= 4 is 23.4 Å². The summed E-state index contributed by atoms with van der Waals surface area (Å²) in [6.45, 7) is 5.33. The van der Waals surface area contributed by atoms with Crippen LogP contribution in [0.5, 0.6) is 0 Å². The molecule has 1 amide bonds. The van der Waals surface area contributed by atoms with Crippen molar-refractivity contribution in [1.82, 2.24) is 10.3 Å². The molecule has 1 aromatic rings. The van der Waals surface area contributed by atoms with Gasteiger partial charge in [-0.1, -0.05) is 0 Å². The van der Waals surface area contributed by atoms with E-state index in [2.05, 4.69) is 10.3 Å². The van der Waals surface area contributed by atoms with Crippen LogP contribution in [-0.2, 0) is 16.0 Å². The maximum absolute atomic E-state index is 11.7. The maximum Gasteiger partial charge on any atom is 0.407 e. The molecular weight excluding hydrogens is 280 g/mol. The first-order valence-electron chi connectivity index (χ1n) is 6.34. The second kappa shape index (κ2) is 7.23. The molecule has 0 spiro atoms. The fourth-order valence-corrected chi connectivity index (χ4v) is 2.16.